The minimum Gasteiger partial charge on any atom is -0.309 e. The van der Waals surface area contributed by atoms with Crippen molar-refractivity contribution in [3.8, 4) is 51.2 Å². The van der Waals surface area contributed by atoms with E-state index in [0.29, 0.717) is 34.9 Å². The summed E-state index contributed by atoms with van der Waals surface area (Å²) in [7, 11) is 0. The quantitative estimate of drug-likeness (QED) is 0.164. The molecule has 0 spiro atoms. The average molecular weight is 925 g/mol. The lowest BCUT2D eigenvalue weighted by Gasteiger charge is -2.08. The highest BCUT2D eigenvalue weighted by atomic mass is 15.5. The SMILES string of the molecule is c1ccc(-c2cccc3c4ccccc4n(-c4nc5n6nc(-c7ccc8c(c7)c7ccccc7n8-c7ccccc7)nc6n6nc(-c7ccc8c(c7)c7ccccc7n8-c7ccccc7)nc6n5n4)c23)cc1. The summed E-state index contributed by atoms with van der Waals surface area (Å²) < 4.78 is 12.0. The van der Waals surface area contributed by atoms with Crippen LogP contribution in [-0.2, 0) is 0 Å². The summed E-state index contributed by atoms with van der Waals surface area (Å²) in [6, 6.07) is 76.2. The Labute approximate surface area is 408 Å². The number of hydrogen-bond donors (Lipinski definition) is 0. The fourth-order valence-corrected chi connectivity index (χ4v) is 11.1. The lowest BCUT2D eigenvalue weighted by Crippen LogP contribution is -2.06. The van der Waals surface area contributed by atoms with Gasteiger partial charge in [-0.2, -0.15) is 28.5 Å². The summed E-state index contributed by atoms with van der Waals surface area (Å²) >= 11 is 0. The van der Waals surface area contributed by atoms with E-state index in [2.05, 4.69) is 214 Å². The highest BCUT2D eigenvalue weighted by molar-refractivity contribution is 6.14. The lowest BCUT2D eigenvalue weighted by molar-refractivity contribution is 0.813. The molecule has 0 bridgehead atoms. The van der Waals surface area contributed by atoms with Crippen LogP contribution in [0.1, 0.15) is 0 Å². The molecule has 16 aromatic rings. The minimum absolute atomic E-state index is 0.441. The van der Waals surface area contributed by atoms with Crippen LogP contribution in [0.15, 0.2) is 218 Å². The Morgan fingerprint density at radius 2 is 0.694 bits per heavy atom. The van der Waals surface area contributed by atoms with Crippen LogP contribution in [0.3, 0.4) is 0 Å². The second-order valence-corrected chi connectivity index (χ2v) is 18.2. The summed E-state index contributed by atoms with van der Waals surface area (Å²) in [5, 5.41) is 22.5. The molecular weight excluding hydrogens is 889 g/mol. The third kappa shape index (κ3) is 5.45. The molecule has 0 fully saturated rings. The van der Waals surface area contributed by atoms with Crippen LogP contribution >= 0.6 is 0 Å². The topological polar surface area (TPSA) is 105 Å². The third-order valence-electron chi connectivity index (χ3n) is 14.2. The van der Waals surface area contributed by atoms with Crippen molar-refractivity contribution in [3.05, 3.63) is 218 Å². The fourth-order valence-electron chi connectivity index (χ4n) is 11.1. The van der Waals surface area contributed by atoms with Crippen LogP contribution in [0.2, 0.25) is 0 Å². The normalized spacial score (nSPS) is 12.2. The molecular formula is C60H36N12. The van der Waals surface area contributed by atoms with Crippen LogP contribution in [0.4, 0.5) is 0 Å². The maximum Gasteiger partial charge on any atom is 0.261 e. The van der Waals surface area contributed by atoms with Gasteiger partial charge in [0.15, 0.2) is 11.6 Å². The van der Waals surface area contributed by atoms with Gasteiger partial charge in [-0.1, -0.05) is 140 Å². The zero-order valence-corrected chi connectivity index (χ0v) is 38.2. The van der Waals surface area contributed by atoms with Crippen LogP contribution < -0.4 is 0 Å². The molecule has 0 unspecified atom stereocenters. The number of para-hydroxylation sites is 6. The van der Waals surface area contributed by atoms with E-state index in [0.717, 1.165) is 99.0 Å². The first-order valence-electron chi connectivity index (χ1n) is 23.9. The van der Waals surface area contributed by atoms with Crippen molar-refractivity contribution in [2.75, 3.05) is 0 Å². The Morgan fingerprint density at radius 1 is 0.278 bits per heavy atom. The predicted octanol–water partition coefficient (Wildman–Crippen LogP) is 13.1. The Bertz CT molecular complexity index is 4630. The van der Waals surface area contributed by atoms with Crippen molar-refractivity contribution in [2.24, 2.45) is 0 Å². The molecule has 16 rings (SSSR count). The summed E-state index contributed by atoms with van der Waals surface area (Å²) in [4.78, 5) is 16.0. The standard InChI is InChI=1S/C60H36N12/c1-4-17-37(18-5-1)42-26-16-27-46-43-23-10-15-30-51(43)69(54(42)46)57-63-60-71-58(61-55(65-71)38-31-33-52-47(35-38)44-24-11-13-28-49(44)67(52)40-19-6-2-7-20-40)70-59(72(60)66-57)62-56(64-70)39-32-34-53-48(36-39)45-25-12-14-29-50(45)68(53)41-21-8-3-9-22-41/h1-36H. The van der Waals surface area contributed by atoms with Crippen LogP contribution in [0.25, 0.3) is 134 Å². The second-order valence-electron chi connectivity index (χ2n) is 18.2. The van der Waals surface area contributed by atoms with Crippen molar-refractivity contribution in [1.29, 1.82) is 0 Å². The van der Waals surface area contributed by atoms with E-state index in [1.165, 1.54) is 0 Å². The van der Waals surface area contributed by atoms with Crippen LogP contribution in [0.5, 0.6) is 0 Å². The molecule has 7 aromatic heterocycles. The average Bonchev–Trinajstić information content (AvgIpc) is 4.31. The van der Waals surface area contributed by atoms with Gasteiger partial charge in [-0.05, 0) is 84.4 Å². The van der Waals surface area contributed by atoms with Gasteiger partial charge in [0.1, 0.15) is 0 Å². The number of aromatic nitrogens is 12. The Balaban J connectivity index is 0.953. The minimum atomic E-state index is 0.441. The first-order chi connectivity index (χ1) is 35.7. The number of rotatable bonds is 6. The zero-order chi connectivity index (χ0) is 47.0. The lowest BCUT2D eigenvalue weighted by atomic mass is 10.0. The third-order valence-corrected chi connectivity index (χ3v) is 14.2. The Morgan fingerprint density at radius 3 is 1.24 bits per heavy atom. The molecule has 0 amide bonds. The molecule has 0 aliphatic carbocycles. The summed E-state index contributed by atoms with van der Waals surface area (Å²) in [5.74, 6) is 2.83. The van der Waals surface area contributed by atoms with Crippen LogP contribution in [0, 0.1) is 0 Å². The highest BCUT2D eigenvalue weighted by Crippen LogP contribution is 2.39. The number of benzene rings is 9. The first kappa shape index (κ1) is 38.7. The van der Waals surface area contributed by atoms with Crippen molar-refractivity contribution < 1.29 is 0 Å². The van der Waals surface area contributed by atoms with Gasteiger partial charge in [-0.25, -0.2) is 0 Å². The molecule has 12 heteroatoms. The maximum atomic E-state index is 5.38. The molecule has 0 atom stereocenters. The summed E-state index contributed by atoms with van der Waals surface area (Å²) in [5.41, 5.74) is 12.5. The summed E-state index contributed by atoms with van der Waals surface area (Å²) in [6.07, 6.45) is 0. The molecule has 0 aliphatic rings. The van der Waals surface area contributed by atoms with Gasteiger partial charge in [-0.15, -0.1) is 15.3 Å². The van der Waals surface area contributed by atoms with E-state index in [1.807, 2.05) is 18.2 Å². The highest BCUT2D eigenvalue weighted by Gasteiger charge is 2.26. The van der Waals surface area contributed by atoms with Gasteiger partial charge in [-0.3, -0.25) is 4.57 Å². The van der Waals surface area contributed by atoms with E-state index in [1.54, 1.807) is 13.5 Å². The molecule has 12 nitrogen and oxygen atoms in total. The zero-order valence-electron chi connectivity index (χ0n) is 38.2. The van der Waals surface area contributed by atoms with Crippen LogP contribution in [-0.4, -0.2) is 57.5 Å². The van der Waals surface area contributed by atoms with E-state index >= 15 is 0 Å². The van der Waals surface area contributed by atoms with Gasteiger partial charge in [0.25, 0.3) is 23.3 Å². The maximum absolute atomic E-state index is 5.38. The molecule has 0 saturated carbocycles. The van der Waals surface area contributed by atoms with Crippen molar-refractivity contribution >= 4 is 82.8 Å². The van der Waals surface area contributed by atoms with Gasteiger partial charge in [0.2, 0.25) is 0 Å². The van der Waals surface area contributed by atoms with Gasteiger partial charge >= 0.3 is 0 Å². The van der Waals surface area contributed by atoms with E-state index < -0.39 is 0 Å². The van der Waals surface area contributed by atoms with Crippen molar-refractivity contribution in [3.63, 3.8) is 0 Å². The Hall–Kier alpha value is -10.2. The largest absolute Gasteiger partial charge is 0.309 e. The van der Waals surface area contributed by atoms with Gasteiger partial charge < -0.3 is 9.13 Å². The molecule has 72 heavy (non-hydrogen) atoms. The number of fused-ring (bicyclic) bond motifs is 15. The monoisotopic (exact) mass is 924 g/mol. The first-order valence-corrected chi connectivity index (χ1v) is 23.9. The van der Waals surface area contributed by atoms with E-state index in [9.17, 15) is 0 Å². The van der Waals surface area contributed by atoms with Crippen molar-refractivity contribution in [1.82, 2.24) is 57.5 Å². The predicted molar refractivity (Wildman–Crippen MR) is 285 cm³/mol. The smallest absolute Gasteiger partial charge is 0.261 e. The number of nitrogens with zero attached hydrogens (tertiary/aromatic N) is 12. The molecule has 0 aliphatic heterocycles. The molecule has 7 heterocycles. The molecule has 9 aromatic carbocycles. The molecule has 0 saturated heterocycles. The van der Waals surface area contributed by atoms with Gasteiger partial charge in [0, 0.05) is 60.4 Å². The molecule has 0 radical (unpaired) electrons. The van der Waals surface area contributed by atoms with E-state index in [-0.39, 0.29) is 0 Å². The molecule has 336 valence electrons. The fraction of sp³-hybridized carbons (Fsp3) is 0. The second kappa shape index (κ2) is 14.7. The van der Waals surface area contributed by atoms with Crippen molar-refractivity contribution in [2.45, 2.75) is 0 Å². The summed E-state index contributed by atoms with van der Waals surface area (Å²) in [6.45, 7) is 0. The van der Waals surface area contributed by atoms with E-state index in [4.69, 9.17) is 30.2 Å². The number of hydrogen-bond acceptors (Lipinski definition) is 6. The Kier molecular flexibility index (Phi) is 7.88. The van der Waals surface area contributed by atoms with Gasteiger partial charge in [0.05, 0.1) is 33.1 Å². The molecule has 0 N–H and O–H groups in total.